The van der Waals surface area contributed by atoms with Gasteiger partial charge in [-0.3, -0.25) is 4.84 Å². The van der Waals surface area contributed by atoms with Crippen molar-refractivity contribution in [2.75, 3.05) is 21.3 Å². The zero-order valence-corrected chi connectivity index (χ0v) is 15.9. The van der Waals surface area contributed by atoms with Crippen LogP contribution in [0.2, 0.25) is 0 Å². The van der Waals surface area contributed by atoms with Gasteiger partial charge in [-0.2, -0.15) is 0 Å². The third kappa shape index (κ3) is 4.40. The molecule has 0 atom stereocenters. The Hall–Kier alpha value is -2.42. The lowest BCUT2D eigenvalue weighted by molar-refractivity contribution is -0.0258. The van der Waals surface area contributed by atoms with Gasteiger partial charge in [-0.05, 0) is 37.3 Å². The minimum Gasteiger partial charge on any atom is -0.496 e. The summed E-state index contributed by atoms with van der Waals surface area (Å²) in [6.07, 6.45) is 0. The molecule has 0 aromatic heterocycles. The van der Waals surface area contributed by atoms with Crippen molar-refractivity contribution in [3.8, 4) is 5.75 Å². The summed E-state index contributed by atoms with van der Waals surface area (Å²) in [7, 11) is 0.202. The van der Waals surface area contributed by atoms with E-state index in [9.17, 15) is 13.2 Å². The number of carbonyl (C=O) groups excluding carboxylic acids is 1. The molecule has 0 saturated carbocycles. The van der Waals surface area contributed by atoms with Crippen molar-refractivity contribution in [2.45, 2.75) is 18.4 Å². The predicted octanol–water partition coefficient (Wildman–Crippen LogP) is 2.54. The van der Waals surface area contributed by atoms with E-state index in [1.807, 2.05) is 19.1 Å². The van der Waals surface area contributed by atoms with E-state index >= 15 is 0 Å². The number of esters is 1. The van der Waals surface area contributed by atoms with Crippen molar-refractivity contribution in [3.05, 3.63) is 59.2 Å². The second kappa shape index (κ2) is 8.31. The molecule has 0 N–H and O–H groups in total. The fourth-order valence-electron chi connectivity index (χ4n) is 2.28. The van der Waals surface area contributed by atoms with Crippen LogP contribution in [-0.4, -0.2) is 40.1 Å². The predicted molar refractivity (Wildman–Crippen MR) is 95.3 cm³/mol. The molecule has 2 rings (SSSR count). The van der Waals surface area contributed by atoms with Crippen LogP contribution in [0.4, 0.5) is 0 Å². The molecular formula is C18H21NO6S. The molecule has 0 saturated heterocycles. The maximum atomic E-state index is 12.3. The van der Waals surface area contributed by atoms with Crippen molar-refractivity contribution in [3.63, 3.8) is 0 Å². The van der Waals surface area contributed by atoms with Crippen LogP contribution in [0.15, 0.2) is 47.4 Å². The summed E-state index contributed by atoms with van der Waals surface area (Å²) in [4.78, 5) is 17.0. The van der Waals surface area contributed by atoms with Crippen LogP contribution >= 0.6 is 0 Å². The van der Waals surface area contributed by atoms with Gasteiger partial charge in [-0.25, -0.2) is 13.2 Å². The summed E-state index contributed by atoms with van der Waals surface area (Å²) in [5.41, 5.74) is 1.86. The Bertz CT molecular complexity index is 894. The Morgan fingerprint density at radius 1 is 1.12 bits per heavy atom. The Morgan fingerprint density at radius 3 is 2.50 bits per heavy atom. The van der Waals surface area contributed by atoms with Crippen molar-refractivity contribution in [1.82, 2.24) is 4.47 Å². The average Bonchev–Trinajstić information content (AvgIpc) is 2.65. The first-order chi connectivity index (χ1) is 12.3. The summed E-state index contributed by atoms with van der Waals surface area (Å²) >= 11 is 0. The largest absolute Gasteiger partial charge is 0.496 e. The molecule has 0 spiro atoms. The molecule has 8 heteroatoms. The van der Waals surface area contributed by atoms with Crippen LogP contribution in [0.1, 0.15) is 21.5 Å². The molecule has 140 valence electrons. The molecular weight excluding hydrogens is 358 g/mol. The average molecular weight is 379 g/mol. The highest BCUT2D eigenvalue weighted by molar-refractivity contribution is 7.89. The van der Waals surface area contributed by atoms with Crippen molar-refractivity contribution < 1.29 is 27.5 Å². The van der Waals surface area contributed by atoms with Gasteiger partial charge in [0.05, 0.1) is 24.7 Å². The highest BCUT2D eigenvalue weighted by Gasteiger charge is 2.22. The van der Waals surface area contributed by atoms with E-state index in [4.69, 9.17) is 14.3 Å². The van der Waals surface area contributed by atoms with E-state index in [0.717, 1.165) is 15.6 Å². The van der Waals surface area contributed by atoms with Crippen molar-refractivity contribution in [1.29, 1.82) is 0 Å². The summed E-state index contributed by atoms with van der Waals surface area (Å²) in [6.45, 7) is 1.93. The first-order valence-corrected chi connectivity index (χ1v) is 9.17. The SMILES string of the molecule is COc1ccc(C)cc1COC(=O)c1cccc(S(=O)(=O)N(C)OC)c1. The van der Waals surface area contributed by atoms with Crippen LogP contribution < -0.4 is 4.74 Å². The van der Waals surface area contributed by atoms with Crippen LogP contribution in [0, 0.1) is 6.92 Å². The van der Waals surface area contributed by atoms with Gasteiger partial charge in [0.15, 0.2) is 0 Å². The first kappa shape index (κ1) is 19.9. The van der Waals surface area contributed by atoms with Crippen molar-refractivity contribution in [2.24, 2.45) is 0 Å². The van der Waals surface area contributed by atoms with E-state index in [-0.39, 0.29) is 17.1 Å². The summed E-state index contributed by atoms with van der Waals surface area (Å²) < 4.78 is 35.8. The number of hydrogen-bond donors (Lipinski definition) is 0. The quantitative estimate of drug-likeness (QED) is 0.543. The molecule has 2 aromatic carbocycles. The zero-order valence-electron chi connectivity index (χ0n) is 15.1. The number of sulfonamides is 1. The van der Waals surface area contributed by atoms with Crippen molar-refractivity contribution >= 4 is 16.0 Å². The summed E-state index contributed by atoms with van der Waals surface area (Å²) in [5.74, 6) is -0.0212. The lowest BCUT2D eigenvalue weighted by Crippen LogP contribution is -2.25. The fraction of sp³-hybridized carbons (Fsp3) is 0.278. The van der Waals surface area contributed by atoms with Gasteiger partial charge in [0.25, 0.3) is 10.0 Å². The second-order valence-corrected chi connectivity index (χ2v) is 7.45. The number of carbonyl (C=O) groups is 1. The van der Waals surface area contributed by atoms with E-state index in [1.54, 1.807) is 6.07 Å². The summed E-state index contributed by atoms with van der Waals surface area (Å²) in [5, 5.41) is 0. The number of methoxy groups -OCH3 is 1. The number of hydroxylamine groups is 1. The van der Waals surface area contributed by atoms with Crippen LogP contribution in [-0.2, 0) is 26.2 Å². The minimum absolute atomic E-state index is 0.0125. The number of ether oxygens (including phenoxy) is 2. The molecule has 26 heavy (non-hydrogen) atoms. The van der Waals surface area contributed by atoms with Crippen LogP contribution in [0.3, 0.4) is 0 Å². The zero-order chi connectivity index (χ0) is 19.3. The highest BCUT2D eigenvalue weighted by Crippen LogP contribution is 2.22. The molecule has 7 nitrogen and oxygen atoms in total. The summed E-state index contributed by atoms with van der Waals surface area (Å²) in [6, 6.07) is 11.1. The van der Waals surface area contributed by atoms with Crippen LogP contribution in [0.5, 0.6) is 5.75 Å². The number of hydrogen-bond acceptors (Lipinski definition) is 6. The Kier molecular flexibility index (Phi) is 6.36. The first-order valence-electron chi connectivity index (χ1n) is 7.73. The van der Waals surface area contributed by atoms with Gasteiger partial charge in [-0.1, -0.05) is 22.2 Å². The Labute approximate surface area is 153 Å². The number of rotatable bonds is 7. The monoisotopic (exact) mass is 379 g/mol. The van der Waals surface area contributed by atoms with Gasteiger partial charge in [0, 0.05) is 12.6 Å². The lowest BCUT2D eigenvalue weighted by atomic mass is 10.1. The number of aryl methyl sites for hydroxylation is 1. The molecule has 0 fully saturated rings. The van der Waals surface area contributed by atoms with Gasteiger partial charge in [0.2, 0.25) is 0 Å². The number of benzene rings is 2. The van der Waals surface area contributed by atoms with Gasteiger partial charge in [-0.15, -0.1) is 0 Å². The maximum absolute atomic E-state index is 12.3. The third-order valence-electron chi connectivity index (χ3n) is 3.76. The van der Waals surface area contributed by atoms with E-state index < -0.39 is 16.0 Å². The Balaban J connectivity index is 2.19. The number of nitrogens with zero attached hydrogens (tertiary/aromatic N) is 1. The lowest BCUT2D eigenvalue weighted by Gasteiger charge is -2.14. The molecule has 0 aliphatic rings. The standard InChI is InChI=1S/C18H21NO6S/c1-13-8-9-17(23-3)15(10-13)12-25-18(20)14-6-5-7-16(11-14)26(21,22)19(2)24-4/h5-11H,12H2,1-4H3. The molecule has 0 unspecified atom stereocenters. The topological polar surface area (TPSA) is 82.1 Å². The molecule has 0 bridgehead atoms. The second-order valence-electron chi connectivity index (χ2n) is 5.52. The fourth-order valence-corrected chi connectivity index (χ4v) is 3.30. The third-order valence-corrected chi connectivity index (χ3v) is 5.43. The van der Waals surface area contributed by atoms with E-state index in [2.05, 4.69) is 0 Å². The van der Waals surface area contributed by atoms with E-state index in [0.29, 0.717) is 5.75 Å². The normalized spacial score (nSPS) is 11.4. The molecule has 2 aromatic rings. The molecule has 0 radical (unpaired) electrons. The highest BCUT2D eigenvalue weighted by atomic mass is 32.2. The minimum atomic E-state index is -3.85. The molecule has 0 aliphatic heterocycles. The maximum Gasteiger partial charge on any atom is 0.338 e. The van der Waals surface area contributed by atoms with Gasteiger partial charge in [0.1, 0.15) is 12.4 Å². The van der Waals surface area contributed by atoms with Crippen LogP contribution in [0.25, 0.3) is 0 Å². The molecule has 0 aliphatic carbocycles. The Morgan fingerprint density at radius 2 is 1.85 bits per heavy atom. The van der Waals surface area contributed by atoms with Gasteiger partial charge >= 0.3 is 5.97 Å². The molecule has 0 amide bonds. The molecule has 0 heterocycles. The van der Waals surface area contributed by atoms with Gasteiger partial charge < -0.3 is 9.47 Å². The smallest absolute Gasteiger partial charge is 0.338 e. The van der Waals surface area contributed by atoms with E-state index in [1.165, 1.54) is 45.5 Å².